The van der Waals surface area contributed by atoms with Crippen LogP contribution in [0.2, 0.25) is 25.2 Å². The van der Waals surface area contributed by atoms with Gasteiger partial charge < -0.3 is 17.7 Å². The number of nitrogens with zero attached hydrogens (tertiary/aromatic N) is 2. The first-order chi connectivity index (χ1) is 16.2. The van der Waals surface area contributed by atoms with Gasteiger partial charge in [0.05, 0.1) is 0 Å². The van der Waals surface area contributed by atoms with Gasteiger partial charge in [-0.3, -0.25) is 9.98 Å². The second kappa shape index (κ2) is 16.5. The third-order valence-electron chi connectivity index (χ3n) is 5.62. The average molecular weight is 509 g/mol. The first kappa shape index (κ1) is 30.9. The van der Waals surface area contributed by atoms with Crippen LogP contribution in [0, 0.1) is 0 Å². The molecule has 0 heterocycles. The molecule has 1 aromatic carbocycles. The molecule has 6 nitrogen and oxygen atoms in total. The van der Waals surface area contributed by atoms with Crippen molar-refractivity contribution in [2.45, 2.75) is 79.6 Å². The maximum atomic E-state index is 5.93. The van der Waals surface area contributed by atoms with Gasteiger partial charge in [-0.15, -0.1) is 0 Å². The molecule has 0 aromatic heterocycles. The summed E-state index contributed by atoms with van der Waals surface area (Å²) in [5.74, 6) is 0. The molecule has 194 valence electrons. The summed E-state index contributed by atoms with van der Waals surface area (Å²) in [6.07, 6.45) is 1.97. The highest BCUT2D eigenvalue weighted by Crippen LogP contribution is 2.18. The molecular weight excluding hydrogens is 460 g/mol. The molecule has 0 aliphatic carbocycles. The molecule has 0 radical (unpaired) electrons. The van der Waals surface area contributed by atoms with E-state index in [9.17, 15) is 0 Å². The minimum absolute atomic E-state index is 0.608. The fourth-order valence-electron chi connectivity index (χ4n) is 3.89. The Morgan fingerprint density at radius 2 is 1.03 bits per heavy atom. The predicted molar refractivity (Wildman–Crippen MR) is 149 cm³/mol. The number of aliphatic imine (C=N–C) groups is 2. The van der Waals surface area contributed by atoms with E-state index in [1.54, 1.807) is 0 Å². The molecule has 0 saturated carbocycles. The Morgan fingerprint density at radius 3 is 1.41 bits per heavy atom. The fraction of sp³-hybridized carbons (Fsp3) is 0.692. The van der Waals surface area contributed by atoms with Gasteiger partial charge in [0.1, 0.15) is 0 Å². The first-order valence-electron chi connectivity index (χ1n) is 12.9. The minimum Gasteiger partial charge on any atom is -0.418 e. The largest absolute Gasteiger partial charge is 0.500 e. The summed E-state index contributed by atoms with van der Waals surface area (Å²) in [5, 5.41) is 0. The molecule has 1 aromatic rings. The summed E-state index contributed by atoms with van der Waals surface area (Å²) in [4.78, 5) is 9.57. The Kier molecular flexibility index (Phi) is 15.0. The molecule has 8 heteroatoms. The molecule has 34 heavy (non-hydrogen) atoms. The van der Waals surface area contributed by atoms with Crippen LogP contribution in [0.1, 0.15) is 65.5 Å². The molecule has 0 spiro atoms. The van der Waals surface area contributed by atoms with Crippen LogP contribution >= 0.6 is 0 Å². The fourth-order valence-corrected chi connectivity index (χ4v) is 8.42. The topological polar surface area (TPSA) is 61.6 Å². The van der Waals surface area contributed by atoms with E-state index < -0.39 is 17.1 Å². The molecule has 0 bridgehead atoms. The van der Waals surface area contributed by atoms with E-state index >= 15 is 0 Å². The van der Waals surface area contributed by atoms with Gasteiger partial charge in [-0.25, -0.2) is 0 Å². The Labute approximate surface area is 210 Å². The van der Waals surface area contributed by atoms with Gasteiger partial charge >= 0.3 is 8.80 Å². The van der Waals surface area contributed by atoms with Crippen molar-refractivity contribution in [1.82, 2.24) is 0 Å². The summed E-state index contributed by atoms with van der Waals surface area (Å²) in [6.45, 7) is 21.0. The standard InChI is InChI=1S/C26H48N2O4Si2/c1-9-29-33(7,8)21-13-19-27-23(5)25-15-17-26(18-16-25)24(6)28-20-14-22-34(30-10-2,31-11-3)32-12-4/h15-18H,9-14,19-22H2,1-8H3. The lowest BCUT2D eigenvalue weighted by Crippen LogP contribution is -2.46. The molecule has 0 unspecified atom stereocenters. The maximum absolute atomic E-state index is 5.93. The van der Waals surface area contributed by atoms with Crippen molar-refractivity contribution in [3.63, 3.8) is 0 Å². The van der Waals surface area contributed by atoms with Crippen molar-refractivity contribution in [3.8, 4) is 0 Å². The summed E-state index contributed by atoms with van der Waals surface area (Å²) >= 11 is 0. The lowest BCUT2D eigenvalue weighted by molar-refractivity contribution is 0.0710. The zero-order valence-corrected chi connectivity index (χ0v) is 24.9. The highest BCUT2D eigenvalue weighted by Gasteiger charge is 2.39. The van der Waals surface area contributed by atoms with Crippen molar-refractivity contribution in [1.29, 1.82) is 0 Å². The van der Waals surface area contributed by atoms with Gasteiger partial charge in [0, 0.05) is 57.0 Å². The number of benzene rings is 1. The predicted octanol–water partition coefficient (Wildman–Crippen LogP) is 6.37. The zero-order valence-electron chi connectivity index (χ0n) is 22.9. The van der Waals surface area contributed by atoms with Gasteiger partial charge in [-0.05, 0) is 84.6 Å². The van der Waals surface area contributed by atoms with E-state index in [2.05, 4.69) is 58.1 Å². The minimum atomic E-state index is -2.58. The summed E-state index contributed by atoms with van der Waals surface area (Å²) in [7, 11) is -4.10. The van der Waals surface area contributed by atoms with Gasteiger partial charge in [0.15, 0.2) is 8.32 Å². The maximum Gasteiger partial charge on any atom is 0.500 e. The van der Waals surface area contributed by atoms with Crippen LogP contribution in [0.3, 0.4) is 0 Å². The second-order valence-electron chi connectivity index (χ2n) is 8.89. The monoisotopic (exact) mass is 508 g/mol. The van der Waals surface area contributed by atoms with Gasteiger partial charge in [-0.2, -0.15) is 0 Å². The smallest absolute Gasteiger partial charge is 0.418 e. The van der Waals surface area contributed by atoms with Crippen LogP contribution in [-0.4, -0.2) is 68.1 Å². The van der Waals surface area contributed by atoms with Crippen molar-refractivity contribution in [2.24, 2.45) is 9.98 Å². The molecule has 1 rings (SSSR count). The number of hydrogen-bond donors (Lipinski definition) is 0. The molecule has 0 N–H and O–H groups in total. The van der Waals surface area contributed by atoms with E-state index in [0.717, 1.165) is 61.6 Å². The zero-order chi connectivity index (χ0) is 25.5. The van der Waals surface area contributed by atoms with Crippen LogP contribution in [0.15, 0.2) is 34.3 Å². The number of hydrogen-bond acceptors (Lipinski definition) is 6. The Morgan fingerprint density at radius 1 is 0.647 bits per heavy atom. The SMILES string of the molecule is CCO[Si](C)(C)CCCN=C(C)c1ccc(C(C)=NCCC[Si](OCC)(OCC)OCC)cc1. The second-order valence-corrected chi connectivity index (χ2v) is 15.9. The first-order valence-corrected chi connectivity index (χ1v) is 18.0. The van der Waals surface area contributed by atoms with Crippen molar-refractivity contribution < 1.29 is 17.7 Å². The van der Waals surface area contributed by atoms with E-state index in [0.29, 0.717) is 19.8 Å². The summed E-state index contributed by atoms with van der Waals surface area (Å²) in [6, 6.07) is 10.5. The summed E-state index contributed by atoms with van der Waals surface area (Å²) in [5.41, 5.74) is 4.43. The lowest BCUT2D eigenvalue weighted by atomic mass is 10.1. The van der Waals surface area contributed by atoms with E-state index in [-0.39, 0.29) is 0 Å². The van der Waals surface area contributed by atoms with Crippen LogP contribution in [0.5, 0.6) is 0 Å². The Bertz CT molecular complexity index is 735. The van der Waals surface area contributed by atoms with Crippen LogP contribution in [-0.2, 0) is 17.7 Å². The number of rotatable bonds is 18. The van der Waals surface area contributed by atoms with Crippen molar-refractivity contribution in [2.75, 3.05) is 39.5 Å². The van der Waals surface area contributed by atoms with Gasteiger partial charge in [-0.1, -0.05) is 24.3 Å². The highest BCUT2D eigenvalue weighted by molar-refractivity contribution is 6.71. The van der Waals surface area contributed by atoms with Crippen LogP contribution in [0.25, 0.3) is 0 Å². The average Bonchev–Trinajstić information content (AvgIpc) is 2.80. The molecule has 0 aliphatic rings. The Balaban J connectivity index is 2.61. The van der Waals surface area contributed by atoms with Crippen LogP contribution in [0.4, 0.5) is 0 Å². The van der Waals surface area contributed by atoms with Gasteiger partial charge in [0.2, 0.25) is 0 Å². The lowest BCUT2D eigenvalue weighted by Gasteiger charge is -2.28. The van der Waals surface area contributed by atoms with E-state index in [1.165, 1.54) is 5.56 Å². The molecule has 0 atom stereocenters. The van der Waals surface area contributed by atoms with Crippen LogP contribution < -0.4 is 0 Å². The molecule has 0 amide bonds. The van der Waals surface area contributed by atoms with Crippen molar-refractivity contribution >= 4 is 28.5 Å². The Hall–Kier alpha value is -1.17. The molecule has 0 fully saturated rings. The molecular formula is C26H48N2O4Si2. The van der Waals surface area contributed by atoms with Crippen molar-refractivity contribution in [3.05, 3.63) is 35.4 Å². The third kappa shape index (κ3) is 11.5. The third-order valence-corrected chi connectivity index (χ3v) is 11.4. The van der Waals surface area contributed by atoms with E-state index in [4.69, 9.17) is 27.7 Å². The normalized spacial score (nSPS) is 13.5. The molecule has 0 saturated heterocycles. The van der Waals surface area contributed by atoms with E-state index in [1.807, 2.05) is 20.8 Å². The highest BCUT2D eigenvalue weighted by atomic mass is 28.4. The molecule has 0 aliphatic heterocycles. The quantitative estimate of drug-likeness (QED) is 0.131. The van der Waals surface area contributed by atoms with Gasteiger partial charge in [0.25, 0.3) is 0 Å². The summed E-state index contributed by atoms with van der Waals surface area (Å²) < 4.78 is 23.7.